The number of nitrogens with zero attached hydrogens (tertiary/aromatic N) is 4. The van der Waals surface area contributed by atoms with Gasteiger partial charge in [0.15, 0.2) is 5.78 Å². The van der Waals surface area contributed by atoms with Gasteiger partial charge in [-0.3, -0.25) is 4.79 Å². The predicted molar refractivity (Wildman–Crippen MR) is 63.1 cm³/mol. The average Bonchev–Trinajstić information content (AvgIpc) is 2.81. The third-order valence-corrected chi connectivity index (χ3v) is 2.41. The van der Waals surface area contributed by atoms with E-state index in [1.165, 1.54) is 4.80 Å². The van der Waals surface area contributed by atoms with Gasteiger partial charge in [-0.05, 0) is 19.1 Å². The molecule has 17 heavy (non-hydrogen) atoms. The molecule has 0 spiro atoms. The van der Waals surface area contributed by atoms with Gasteiger partial charge in [0, 0.05) is 11.6 Å². The summed E-state index contributed by atoms with van der Waals surface area (Å²) in [5.41, 5.74) is 1.86. The molecular weight excluding hydrogens is 216 g/mol. The van der Waals surface area contributed by atoms with E-state index >= 15 is 0 Å². The van der Waals surface area contributed by atoms with E-state index in [9.17, 15) is 4.79 Å². The second-order valence-corrected chi connectivity index (χ2v) is 4.16. The number of ketones is 1. The van der Waals surface area contributed by atoms with Gasteiger partial charge < -0.3 is 0 Å². The molecule has 0 atom stereocenters. The number of rotatable bonds is 3. The van der Waals surface area contributed by atoms with Crippen LogP contribution in [0, 0.1) is 12.8 Å². The van der Waals surface area contributed by atoms with Crippen LogP contribution in [0.1, 0.15) is 30.0 Å². The summed E-state index contributed by atoms with van der Waals surface area (Å²) >= 11 is 0. The van der Waals surface area contributed by atoms with Gasteiger partial charge in [0.05, 0.1) is 12.4 Å². The van der Waals surface area contributed by atoms with Crippen molar-refractivity contribution in [1.82, 2.24) is 20.0 Å². The lowest BCUT2D eigenvalue weighted by atomic mass is 10.0. The molecule has 0 aliphatic rings. The zero-order chi connectivity index (χ0) is 12.4. The molecule has 0 saturated heterocycles. The summed E-state index contributed by atoms with van der Waals surface area (Å²) in [5, 5.41) is 8.06. The number of carbonyl (C=O) groups excluding carboxylic acids is 1. The fourth-order valence-corrected chi connectivity index (χ4v) is 1.51. The molecule has 0 fully saturated rings. The summed E-state index contributed by atoms with van der Waals surface area (Å²) < 4.78 is 0. The Morgan fingerprint density at radius 3 is 2.47 bits per heavy atom. The van der Waals surface area contributed by atoms with E-state index in [2.05, 4.69) is 15.2 Å². The topological polar surface area (TPSA) is 60.7 Å². The highest BCUT2D eigenvalue weighted by Gasteiger charge is 2.18. The summed E-state index contributed by atoms with van der Waals surface area (Å²) in [5.74, 6) is -0.0976. The smallest absolute Gasteiger partial charge is 0.185 e. The molecule has 2 aromatic heterocycles. The minimum atomic E-state index is -0.0985. The van der Waals surface area contributed by atoms with Crippen molar-refractivity contribution in [1.29, 1.82) is 0 Å². The number of aryl methyl sites for hydroxylation is 1. The van der Waals surface area contributed by atoms with Crippen LogP contribution in [0.3, 0.4) is 0 Å². The van der Waals surface area contributed by atoms with Gasteiger partial charge in [-0.15, -0.1) is 4.80 Å². The van der Waals surface area contributed by atoms with Gasteiger partial charge in [0.25, 0.3) is 0 Å². The first-order valence-corrected chi connectivity index (χ1v) is 5.48. The minimum Gasteiger partial charge on any atom is -0.292 e. The van der Waals surface area contributed by atoms with Gasteiger partial charge in [-0.2, -0.15) is 10.2 Å². The Labute approximate surface area is 99.5 Å². The first kappa shape index (κ1) is 11.4. The normalized spacial score (nSPS) is 10.8. The van der Waals surface area contributed by atoms with Crippen LogP contribution in [-0.2, 0) is 0 Å². The first-order valence-electron chi connectivity index (χ1n) is 5.48. The molecule has 0 aromatic carbocycles. The van der Waals surface area contributed by atoms with E-state index < -0.39 is 0 Å². The van der Waals surface area contributed by atoms with Crippen molar-refractivity contribution in [3.8, 4) is 5.69 Å². The number of aromatic nitrogens is 4. The number of hydrogen-bond acceptors (Lipinski definition) is 4. The molecule has 0 radical (unpaired) electrons. The lowest BCUT2D eigenvalue weighted by Gasteiger charge is -2.09. The lowest BCUT2D eigenvalue weighted by molar-refractivity contribution is 0.0934. The molecule has 0 aliphatic heterocycles. The lowest BCUT2D eigenvalue weighted by Crippen LogP contribution is -2.15. The maximum absolute atomic E-state index is 12.1. The van der Waals surface area contributed by atoms with Crippen molar-refractivity contribution in [2.24, 2.45) is 5.92 Å². The van der Waals surface area contributed by atoms with E-state index in [1.807, 2.05) is 32.9 Å². The quantitative estimate of drug-likeness (QED) is 0.754. The molecule has 0 unspecified atom stereocenters. The van der Waals surface area contributed by atoms with Crippen LogP contribution >= 0.6 is 0 Å². The molecule has 0 amide bonds. The Kier molecular flexibility index (Phi) is 2.99. The van der Waals surface area contributed by atoms with Crippen molar-refractivity contribution in [2.45, 2.75) is 20.8 Å². The Bertz CT molecular complexity index is 531. The molecule has 0 bridgehead atoms. The monoisotopic (exact) mass is 230 g/mol. The molecule has 2 aromatic rings. The summed E-state index contributed by atoms with van der Waals surface area (Å²) in [4.78, 5) is 17.8. The Hall–Kier alpha value is -2.04. The average molecular weight is 230 g/mol. The third kappa shape index (κ3) is 2.22. The van der Waals surface area contributed by atoms with Crippen molar-refractivity contribution >= 4 is 5.78 Å². The zero-order valence-electron chi connectivity index (χ0n) is 10.1. The molecule has 0 saturated carbocycles. The fourth-order valence-electron chi connectivity index (χ4n) is 1.51. The highest BCUT2D eigenvalue weighted by Crippen LogP contribution is 2.15. The van der Waals surface area contributed by atoms with Gasteiger partial charge >= 0.3 is 0 Å². The van der Waals surface area contributed by atoms with E-state index in [4.69, 9.17) is 0 Å². The van der Waals surface area contributed by atoms with Crippen molar-refractivity contribution < 1.29 is 4.79 Å². The number of Topliss-reactive ketones (excluding diaryl/α,β-unsaturated/α-hetero) is 1. The highest BCUT2D eigenvalue weighted by molar-refractivity contribution is 5.98. The summed E-state index contributed by atoms with van der Waals surface area (Å²) in [7, 11) is 0. The molecule has 2 heterocycles. The fraction of sp³-hybridized carbons (Fsp3) is 0.333. The van der Waals surface area contributed by atoms with Crippen LogP contribution in [0.2, 0.25) is 0 Å². The molecule has 0 aliphatic carbocycles. The first-order chi connectivity index (χ1) is 8.09. The SMILES string of the molecule is Cc1ccc(-n2nccn2)c(C(=O)C(C)C)n1. The number of carbonyl (C=O) groups is 1. The molecule has 5 nitrogen and oxygen atoms in total. The van der Waals surface area contributed by atoms with Crippen LogP contribution in [-0.4, -0.2) is 25.8 Å². The number of pyridine rings is 1. The summed E-state index contributed by atoms with van der Waals surface area (Å²) in [6.07, 6.45) is 3.15. The van der Waals surface area contributed by atoms with Crippen molar-refractivity contribution in [3.63, 3.8) is 0 Å². The van der Waals surface area contributed by atoms with Gasteiger partial charge in [-0.1, -0.05) is 13.8 Å². The highest BCUT2D eigenvalue weighted by atomic mass is 16.1. The largest absolute Gasteiger partial charge is 0.292 e. The van der Waals surface area contributed by atoms with Crippen LogP contribution in [0.4, 0.5) is 0 Å². The minimum absolute atomic E-state index is 0.000926. The molecular formula is C12H14N4O. The van der Waals surface area contributed by atoms with Crippen molar-refractivity contribution in [3.05, 3.63) is 35.9 Å². The number of hydrogen-bond donors (Lipinski definition) is 0. The van der Waals surface area contributed by atoms with E-state index in [0.29, 0.717) is 11.4 Å². The predicted octanol–water partition coefficient (Wildman–Crippen LogP) is 1.81. The Morgan fingerprint density at radius 2 is 1.88 bits per heavy atom. The Balaban J connectivity index is 2.56. The van der Waals surface area contributed by atoms with Crippen LogP contribution < -0.4 is 0 Å². The van der Waals surface area contributed by atoms with E-state index in [0.717, 1.165) is 5.69 Å². The second kappa shape index (κ2) is 4.45. The van der Waals surface area contributed by atoms with Crippen LogP contribution in [0.15, 0.2) is 24.5 Å². The molecule has 88 valence electrons. The van der Waals surface area contributed by atoms with E-state index in [-0.39, 0.29) is 11.7 Å². The van der Waals surface area contributed by atoms with Crippen molar-refractivity contribution in [2.75, 3.05) is 0 Å². The third-order valence-electron chi connectivity index (χ3n) is 2.41. The van der Waals surface area contributed by atoms with Gasteiger partial charge in [0.2, 0.25) is 0 Å². The van der Waals surface area contributed by atoms with Gasteiger partial charge in [0.1, 0.15) is 11.4 Å². The molecule has 2 rings (SSSR count). The summed E-state index contributed by atoms with van der Waals surface area (Å²) in [6, 6.07) is 3.66. The van der Waals surface area contributed by atoms with Crippen LogP contribution in [0.25, 0.3) is 5.69 Å². The van der Waals surface area contributed by atoms with Gasteiger partial charge in [-0.25, -0.2) is 4.98 Å². The maximum atomic E-state index is 12.1. The van der Waals surface area contributed by atoms with Crippen LogP contribution in [0.5, 0.6) is 0 Å². The molecule has 5 heteroatoms. The maximum Gasteiger partial charge on any atom is 0.185 e. The molecule has 0 N–H and O–H groups in total. The standard InChI is InChI=1S/C12H14N4O/c1-8(2)12(17)11-10(5-4-9(3)15-11)16-13-6-7-14-16/h4-8H,1-3H3. The Morgan fingerprint density at radius 1 is 1.24 bits per heavy atom. The second-order valence-electron chi connectivity index (χ2n) is 4.16. The summed E-state index contributed by atoms with van der Waals surface area (Å²) in [6.45, 7) is 5.57. The van der Waals surface area contributed by atoms with E-state index in [1.54, 1.807) is 12.4 Å². The zero-order valence-corrected chi connectivity index (χ0v) is 10.1.